The first-order chi connectivity index (χ1) is 8.49. The van der Waals surface area contributed by atoms with Crippen LogP contribution in [0.4, 0.5) is 5.69 Å². The van der Waals surface area contributed by atoms with Crippen LogP contribution in [-0.4, -0.2) is 33.1 Å². The Morgan fingerprint density at radius 1 is 1.28 bits per heavy atom. The van der Waals surface area contributed by atoms with E-state index in [2.05, 4.69) is 4.74 Å². The zero-order valence-corrected chi connectivity index (χ0v) is 11.0. The molecule has 0 N–H and O–H groups in total. The Morgan fingerprint density at radius 2 is 1.94 bits per heavy atom. The first-order valence-electron chi connectivity index (χ1n) is 5.47. The normalized spacial score (nSPS) is 9.78. The van der Waals surface area contributed by atoms with Crippen molar-refractivity contribution in [2.24, 2.45) is 0 Å². The van der Waals surface area contributed by atoms with Crippen LogP contribution in [0.15, 0.2) is 18.2 Å². The number of carbonyl (C=O) groups is 2. The van der Waals surface area contributed by atoms with Crippen LogP contribution >= 0.6 is 0 Å². The van der Waals surface area contributed by atoms with Crippen molar-refractivity contribution < 1.29 is 19.1 Å². The van der Waals surface area contributed by atoms with Gasteiger partial charge >= 0.3 is 5.97 Å². The maximum atomic E-state index is 11.9. The highest BCUT2D eigenvalue weighted by molar-refractivity contribution is 6.03. The van der Waals surface area contributed by atoms with Crippen LogP contribution in [0.5, 0.6) is 5.75 Å². The molecule has 0 aromatic heterocycles. The van der Waals surface area contributed by atoms with E-state index in [-0.39, 0.29) is 12.3 Å². The Hall–Kier alpha value is -2.04. The van der Waals surface area contributed by atoms with Crippen LogP contribution in [0.3, 0.4) is 0 Å². The molecule has 18 heavy (non-hydrogen) atoms. The summed E-state index contributed by atoms with van der Waals surface area (Å²) in [4.78, 5) is 24.3. The van der Waals surface area contributed by atoms with E-state index in [9.17, 15) is 9.59 Å². The lowest BCUT2D eigenvalue weighted by molar-refractivity contribution is -0.143. The zero-order valence-electron chi connectivity index (χ0n) is 11.0. The summed E-state index contributed by atoms with van der Waals surface area (Å²) in [5.74, 6) is -0.314. The zero-order chi connectivity index (χ0) is 13.7. The number of rotatable bonds is 4. The van der Waals surface area contributed by atoms with E-state index in [1.807, 2.05) is 19.1 Å². The number of esters is 1. The molecule has 98 valence electrons. The molecule has 0 aliphatic rings. The monoisotopic (exact) mass is 251 g/mol. The highest BCUT2D eigenvalue weighted by Gasteiger charge is 2.18. The number of hydrogen-bond donors (Lipinski definition) is 0. The number of aryl methyl sites for hydroxylation is 1. The van der Waals surface area contributed by atoms with Crippen LogP contribution in [0.1, 0.15) is 12.0 Å². The van der Waals surface area contributed by atoms with E-state index in [0.717, 1.165) is 5.56 Å². The Labute approximate surface area is 106 Å². The van der Waals surface area contributed by atoms with E-state index in [1.165, 1.54) is 19.1 Å². The molecule has 0 saturated heterocycles. The summed E-state index contributed by atoms with van der Waals surface area (Å²) < 4.78 is 9.66. The van der Waals surface area contributed by atoms with Gasteiger partial charge in [-0.3, -0.25) is 9.59 Å². The van der Waals surface area contributed by atoms with E-state index >= 15 is 0 Å². The molecule has 0 unspecified atom stereocenters. The predicted molar refractivity (Wildman–Crippen MR) is 67.8 cm³/mol. The van der Waals surface area contributed by atoms with Gasteiger partial charge in [0.1, 0.15) is 12.2 Å². The van der Waals surface area contributed by atoms with Gasteiger partial charge in [0.25, 0.3) is 0 Å². The first-order valence-corrected chi connectivity index (χ1v) is 5.47. The largest absolute Gasteiger partial charge is 0.495 e. The fraction of sp³-hybridized carbons (Fsp3) is 0.385. The van der Waals surface area contributed by atoms with Gasteiger partial charge in [0.05, 0.1) is 19.9 Å². The number of anilines is 1. The minimum Gasteiger partial charge on any atom is -0.495 e. The fourth-order valence-electron chi connectivity index (χ4n) is 1.51. The summed E-state index contributed by atoms with van der Waals surface area (Å²) in [5, 5.41) is 0. The van der Waals surface area contributed by atoms with Gasteiger partial charge in [-0.25, -0.2) is 0 Å². The molecule has 1 aromatic rings. The molecule has 0 spiro atoms. The van der Waals surface area contributed by atoms with Crippen LogP contribution < -0.4 is 9.64 Å². The number of benzene rings is 1. The SMILES string of the molecule is COC(=O)CC(=O)N(C)c1cc(C)ccc1OC. The van der Waals surface area contributed by atoms with Crippen molar-refractivity contribution in [3.63, 3.8) is 0 Å². The average molecular weight is 251 g/mol. The minimum absolute atomic E-state index is 0.288. The maximum absolute atomic E-state index is 11.9. The lowest BCUT2D eigenvalue weighted by Crippen LogP contribution is -2.29. The summed E-state index contributed by atoms with van der Waals surface area (Å²) in [6, 6.07) is 5.50. The van der Waals surface area contributed by atoms with Gasteiger partial charge in [0.15, 0.2) is 0 Å². The first kappa shape index (κ1) is 14.0. The van der Waals surface area contributed by atoms with Crippen LogP contribution in [0.2, 0.25) is 0 Å². The third kappa shape index (κ3) is 3.23. The molecule has 1 rings (SSSR count). The smallest absolute Gasteiger partial charge is 0.315 e. The highest BCUT2D eigenvalue weighted by atomic mass is 16.5. The van der Waals surface area contributed by atoms with Crippen LogP contribution in [0, 0.1) is 6.92 Å². The molecule has 0 aliphatic carbocycles. The van der Waals surface area contributed by atoms with Crippen molar-refractivity contribution >= 4 is 17.6 Å². The van der Waals surface area contributed by atoms with Gasteiger partial charge in [-0.2, -0.15) is 0 Å². The van der Waals surface area contributed by atoms with Gasteiger partial charge in [-0.15, -0.1) is 0 Å². The molecule has 0 atom stereocenters. The van der Waals surface area contributed by atoms with Gasteiger partial charge in [0, 0.05) is 7.05 Å². The number of hydrogen-bond acceptors (Lipinski definition) is 4. The van der Waals surface area contributed by atoms with Gasteiger partial charge in [-0.1, -0.05) is 6.07 Å². The summed E-state index contributed by atoms with van der Waals surface area (Å²) >= 11 is 0. The summed E-state index contributed by atoms with van der Waals surface area (Å²) in [7, 11) is 4.39. The number of amides is 1. The number of methoxy groups -OCH3 is 2. The van der Waals surface area contributed by atoms with Gasteiger partial charge < -0.3 is 14.4 Å². The standard InChI is InChI=1S/C13H17NO4/c1-9-5-6-11(17-3)10(7-9)14(2)12(15)8-13(16)18-4/h5-7H,8H2,1-4H3. The van der Waals surface area contributed by atoms with Crippen LogP contribution in [-0.2, 0) is 14.3 Å². The average Bonchev–Trinajstić information content (AvgIpc) is 2.37. The third-order valence-corrected chi connectivity index (χ3v) is 2.59. The Balaban J connectivity index is 2.95. The number of ether oxygens (including phenoxy) is 2. The molecule has 5 nitrogen and oxygen atoms in total. The van der Waals surface area contributed by atoms with Crippen molar-refractivity contribution in [2.45, 2.75) is 13.3 Å². The minimum atomic E-state index is -0.557. The molecule has 0 radical (unpaired) electrons. The van der Waals surface area contributed by atoms with Gasteiger partial charge in [-0.05, 0) is 24.6 Å². The fourth-order valence-corrected chi connectivity index (χ4v) is 1.51. The second-order valence-electron chi connectivity index (χ2n) is 3.88. The molecule has 0 heterocycles. The third-order valence-electron chi connectivity index (χ3n) is 2.59. The Bertz CT molecular complexity index is 456. The second kappa shape index (κ2) is 6.05. The Morgan fingerprint density at radius 3 is 2.50 bits per heavy atom. The van der Waals surface area contributed by atoms with Crippen molar-refractivity contribution in [2.75, 3.05) is 26.2 Å². The van der Waals surface area contributed by atoms with Crippen molar-refractivity contribution in [3.05, 3.63) is 23.8 Å². The summed E-state index contributed by atoms with van der Waals surface area (Å²) in [6.45, 7) is 1.92. The molecule has 0 saturated carbocycles. The lowest BCUT2D eigenvalue weighted by atomic mass is 10.2. The quantitative estimate of drug-likeness (QED) is 0.601. The summed E-state index contributed by atoms with van der Waals surface area (Å²) in [5.41, 5.74) is 1.63. The molecule has 1 aromatic carbocycles. The summed E-state index contributed by atoms with van der Waals surface area (Å²) in [6.07, 6.45) is -0.288. The molecule has 1 amide bonds. The second-order valence-corrected chi connectivity index (χ2v) is 3.88. The van der Waals surface area contributed by atoms with E-state index in [4.69, 9.17) is 4.74 Å². The van der Waals surface area contributed by atoms with E-state index in [1.54, 1.807) is 13.1 Å². The predicted octanol–water partition coefficient (Wildman–Crippen LogP) is 1.53. The lowest BCUT2D eigenvalue weighted by Gasteiger charge is -2.20. The Kier molecular flexibility index (Phi) is 4.71. The highest BCUT2D eigenvalue weighted by Crippen LogP contribution is 2.28. The van der Waals surface area contributed by atoms with Crippen molar-refractivity contribution in [1.82, 2.24) is 0 Å². The van der Waals surface area contributed by atoms with E-state index in [0.29, 0.717) is 11.4 Å². The van der Waals surface area contributed by atoms with Gasteiger partial charge in [0.2, 0.25) is 5.91 Å². The van der Waals surface area contributed by atoms with Crippen molar-refractivity contribution in [1.29, 1.82) is 0 Å². The van der Waals surface area contributed by atoms with E-state index < -0.39 is 5.97 Å². The topological polar surface area (TPSA) is 55.8 Å². The molecule has 0 fully saturated rings. The maximum Gasteiger partial charge on any atom is 0.315 e. The number of nitrogens with zero attached hydrogens (tertiary/aromatic N) is 1. The van der Waals surface area contributed by atoms with Crippen LogP contribution in [0.25, 0.3) is 0 Å². The molecule has 0 aliphatic heterocycles. The number of carbonyl (C=O) groups excluding carboxylic acids is 2. The molecule has 0 bridgehead atoms. The molecular weight excluding hydrogens is 234 g/mol. The molecular formula is C13H17NO4. The van der Waals surface area contributed by atoms with Crippen molar-refractivity contribution in [3.8, 4) is 5.75 Å². The molecule has 5 heteroatoms.